The molecule has 1 N–H and O–H groups in total. The summed E-state index contributed by atoms with van der Waals surface area (Å²) in [6.07, 6.45) is 0.986. The fraction of sp³-hybridized carbons (Fsp3) is 0.333. The van der Waals surface area contributed by atoms with Crippen molar-refractivity contribution in [1.82, 2.24) is 19.8 Å². The van der Waals surface area contributed by atoms with Gasteiger partial charge in [-0.05, 0) is 40.8 Å². The molecule has 1 aromatic heterocycles. The molecule has 1 aliphatic heterocycles. The average molecular weight is 426 g/mol. The molecule has 1 fully saturated rings. The van der Waals surface area contributed by atoms with Gasteiger partial charge in [-0.3, -0.25) is 19.0 Å². The molecule has 0 atom stereocenters. The lowest BCUT2D eigenvalue weighted by Gasteiger charge is -2.27. The second-order valence-corrected chi connectivity index (χ2v) is 6.53. The molecule has 23 heavy (non-hydrogen) atoms. The average Bonchev–Trinajstić information content (AvgIpc) is 2.68. The van der Waals surface area contributed by atoms with E-state index >= 15 is 0 Å². The number of carbonyl (C=O) groups is 1. The maximum absolute atomic E-state index is 12.5. The van der Waals surface area contributed by atoms with Gasteiger partial charge in [0.05, 0.1) is 17.1 Å². The van der Waals surface area contributed by atoms with Gasteiger partial charge in [0.1, 0.15) is 6.54 Å². The standard InChI is InChI=1S/C15H15IN4O3/c16-10-1-2-12-11(7-10)15(23)18-8-13(21)20(12)9-14(22)19-5-3-17-4-6-19/h1-2,7-8,17H,3-6,9H2. The Morgan fingerprint density at radius 3 is 2.74 bits per heavy atom. The van der Waals surface area contributed by atoms with Gasteiger partial charge in [0, 0.05) is 29.7 Å². The minimum absolute atomic E-state index is 0.0915. The monoisotopic (exact) mass is 426 g/mol. The van der Waals surface area contributed by atoms with E-state index in [4.69, 9.17) is 0 Å². The Hall–Kier alpha value is -1.81. The topological polar surface area (TPSA) is 84.3 Å². The van der Waals surface area contributed by atoms with Crippen molar-refractivity contribution in [3.05, 3.63) is 48.7 Å². The Morgan fingerprint density at radius 2 is 2.00 bits per heavy atom. The zero-order valence-corrected chi connectivity index (χ0v) is 14.4. The molecule has 0 saturated carbocycles. The molecular formula is C15H15IN4O3. The van der Waals surface area contributed by atoms with Gasteiger partial charge in [-0.15, -0.1) is 0 Å². The molecule has 2 heterocycles. The number of nitrogens with zero attached hydrogens (tertiary/aromatic N) is 3. The first-order valence-corrected chi connectivity index (χ1v) is 8.32. The molecule has 3 rings (SSSR count). The molecule has 1 aromatic carbocycles. The molecule has 8 heteroatoms. The quantitative estimate of drug-likeness (QED) is 0.673. The fourth-order valence-electron chi connectivity index (χ4n) is 2.60. The van der Waals surface area contributed by atoms with E-state index in [1.165, 1.54) is 4.57 Å². The highest BCUT2D eigenvalue weighted by molar-refractivity contribution is 14.1. The lowest BCUT2D eigenvalue weighted by atomic mass is 10.2. The summed E-state index contributed by atoms with van der Waals surface area (Å²) in [4.78, 5) is 42.2. The van der Waals surface area contributed by atoms with E-state index in [-0.39, 0.29) is 12.5 Å². The number of hydrogen-bond acceptors (Lipinski definition) is 5. The van der Waals surface area contributed by atoms with Crippen LogP contribution in [-0.4, -0.2) is 46.5 Å². The number of aromatic nitrogens is 2. The van der Waals surface area contributed by atoms with Crippen LogP contribution < -0.4 is 16.4 Å². The molecule has 0 bridgehead atoms. The summed E-state index contributed by atoms with van der Waals surface area (Å²) < 4.78 is 2.19. The zero-order valence-electron chi connectivity index (χ0n) is 12.3. The summed E-state index contributed by atoms with van der Waals surface area (Å²) in [5, 5.41) is 3.52. The molecule has 0 radical (unpaired) electrons. The van der Waals surface area contributed by atoms with E-state index in [0.29, 0.717) is 24.0 Å². The predicted octanol–water partition coefficient (Wildman–Crippen LogP) is -0.207. The molecule has 1 saturated heterocycles. The predicted molar refractivity (Wildman–Crippen MR) is 94.4 cm³/mol. The van der Waals surface area contributed by atoms with Crippen molar-refractivity contribution in [3.63, 3.8) is 0 Å². The number of nitrogens with one attached hydrogen (secondary N) is 1. The van der Waals surface area contributed by atoms with Gasteiger partial charge in [-0.25, -0.2) is 4.98 Å². The van der Waals surface area contributed by atoms with Gasteiger partial charge >= 0.3 is 0 Å². The minimum Gasteiger partial charge on any atom is -0.339 e. The van der Waals surface area contributed by atoms with Gasteiger partial charge in [0.15, 0.2) is 0 Å². The van der Waals surface area contributed by atoms with E-state index in [1.807, 2.05) is 0 Å². The second kappa shape index (κ2) is 6.75. The highest BCUT2D eigenvalue weighted by Crippen LogP contribution is 2.12. The first kappa shape index (κ1) is 16.1. The molecule has 1 aliphatic rings. The van der Waals surface area contributed by atoms with Crippen molar-refractivity contribution >= 4 is 39.4 Å². The Labute approximate surface area is 145 Å². The van der Waals surface area contributed by atoms with Crippen LogP contribution in [-0.2, 0) is 11.3 Å². The highest BCUT2D eigenvalue weighted by atomic mass is 127. The van der Waals surface area contributed by atoms with Crippen molar-refractivity contribution in [2.45, 2.75) is 6.54 Å². The maximum Gasteiger partial charge on any atom is 0.279 e. The van der Waals surface area contributed by atoms with Crippen LogP contribution in [0.1, 0.15) is 0 Å². The number of rotatable bonds is 2. The number of carbonyl (C=O) groups excluding carboxylic acids is 1. The van der Waals surface area contributed by atoms with Gasteiger partial charge in [0.25, 0.3) is 11.1 Å². The van der Waals surface area contributed by atoms with Crippen LogP contribution in [0, 0.1) is 3.57 Å². The van der Waals surface area contributed by atoms with Crippen LogP contribution in [0.3, 0.4) is 0 Å². The number of fused-ring (bicyclic) bond motifs is 1. The van der Waals surface area contributed by atoms with Crippen molar-refractivity contribution in [3.8, 4) is 0 Å². The lowest BCUT2D eigenvalue weighted by Crippen LogP contribution is -2.48. The van der Waals surface area contributed by atoms with Gasteiger partial charge in [-0.2, -0.15) is 0 Å². The molecule has 1 amide bonds. The summed E-state index contributed by atoms with van der Waals surface area (Å²) in [5.74, 6) is -0.132. The largest absolute Gasteiger partial charge is 0.339 e. The zero-order chi connectivity index (χ0) is 16.4. The smallest absolute Gasteiger partial charge is 0.279 e. The van der Waals surface area contributed by atoms with E-state index in [2.05, 4.69) is 32.9 Å². The van der Waals surface area contributed by atoms with Crippen molar-refractivity contribution in [2.75, 3.05) is 26.2 Å². The number of benzene rings is 1. The van der Waals surface area contributed by atoms with Crippen molar-refractivity contribution in [2.24, 2.45) is 0 Å². The van der Waals surface area contributed by atoms with Crippen LogP contribution >= 0.6 is 22.6 Å². The van der Waals surface area contributed by atoms with Crippen molar-refractivity contribution in [1.29, 1.82) is 0 Å². The third kappa shape index (κ3) is 3.42. The number of piperazine rings is 1. The Balaban J connectivity index is 2.08. The normalized spacial score (nSPS) is 14.9. The Morgan fingerprint density at radius 1 is 1.26 bits per heavy atom. The highest BCUT2D eigenvalue weighted by Gasteiger charge is 2.18. The molecule has 120 valence electrons. The summed E-state index contributed by atoms with van der Waals surface area (Å²) >= 11 is 2.09. The molecule has 0 spiro atoms. The number of halogens is 1. The van der Waals surface area contributed by atoms with Crippen molar-refractivity contribution < 1.29 is 4.79 Å². The summed E-state index contributed by atoms with van der Waals surface area (Å²) in [6, 6.07) is 5.16. The number of hydrogen-bond donors (Lipinski definition) is 1. The van der Waals surface area contributed by atoms with Crippen LogP contribution in [0.5, 0.6) is 0 Å². The minimum atomic E-state index is -0.469. The lowest BCUT2D eigenvalue weighted by molar-refractivity contribution is -0.132. The summed E-state index contributed by atoms with van der Waals surface area (Å²) in [5.41, 5.74) is -0.493. The summed E-state index contributed by atoms with van der Waals surface area (Å²) in [7, 11) is 0. The number of amides is 1. The molecule has 0 unspecified atom stereocenters. The maximum atomic E-state index is 12.5. The van der Waals surface area contributed by atoms with Gasteiger partial charge < -0.3 is 10.2 Å². The van der Waals surface area contributed by atoms with Crippen LogP contribution in [0.15, 0.2) is 34.0 Å². The molecule has 2 aromatic rings. The SMILES string of the molecule is O=C(Cn1c(=O)cnc(=O)c2cc(I)ccc21)N1CCNCC1. The van der Waals surface area contributed by atoms with Crippen LogP contribution in [0.25, 0.3) is 10.9 Å². The van der Waals surface area contributed by atoms with E-state index < -0.39 is 11.1 Å². The summed E-state index contributed by atoms with van der Waals surface area (Å²) in [6.45, 7) is 2.63. The Kier molecular flexibility index (Phi) is 4.71. The third-order valence-electron chi connectivity index (χ3n) is 3.80. The second-order valence-electron chi connectivity index (χ2n) is 5.28. The van der Waals surface area contributed by atoms with E-state index in [0.717, 1.165) is 22.9 Å². The third-order valence-corrected chi connectivity index (χ3v) is 4.47. The molecule has 7 nitrogen and oxygen atoms in total. The van der Waals surface area contributed by atoms with Crippen LogP contribution in [0.2, 0.25) is 0 Å². The molecule has 0 aliphatic carbocycles. The first-order chi connectivity index (χ1) is 11.1. The fourth-order valence-corrected chi connectivity index (χ4v) is 3.09. The molecular weight excluding hydrogens is 411 g/mol. The van der Waals surface area contributed by atoms with Gasteiger partial charge in [0.2, 0.25) is 5.91 Å². The van der Waals surface area contributed by atoms with E-state index in [1.54, 1.807) is 23.1 Å². The van der Waals surface area contributed by atoms with Crippen LogP contribution in [0.4, 0.5) is 0 Å². The van der Waals surface area contributed by atoms with Gasteiger partial charge in [-0.1, -0.05) is 0 Å². The first-order valence-electron chi connectivity index (χ1n) is 7.24. The van der Waals surface area contributed by atoms with E-state index in [9.17, 15) is 14.4 Å². The Bertz CT molecular complexity index is 875.